The van der Waals surface area contributed by atoms with Crippen molar-refractivity contribution in [1.82, 2.24) is 20.1 Å². The molecule has 0 spiro atoms. The highest BCUT2D eigenvalue weighted by Crippen LogP contribution is 2.26. The summed E-state index contributed by atoms with van der Waals surface area (Å²) < 4.78 is 16.3. The van der Waals surface area contributed by atoms with Gasteiger partial charge in [-0.25, -0.2) is 4.39 Å². The summed E-state index contributed by atoms with van der Waals surface area (Å²) in [4.78, 5) is 25.2. The first kappa shape index (κ1) is 26.2. The lowest BCUT2D eigenvalue weighted by molar-refractivity contribution is -0.113. The van der Waals surface area contributed by atoms with Crippen molar-refractivity contribution in [3.63, 3.8) is 0 Å². The van der Waals surface area contributed by atoms with Crippen LogP contribution in [0.5, 0.6) is 0 Å². The average Bonchev–Trinajstić information content (AvgIpc) is 3.14. The van der Waals surface area contributed by atoms with E-state index in [-0.39, 0.29) is 29.2 Å². The van der Waals surface area contributed by atoms with Gasteiger partial charge in [0.25, 0.3) is 5.91 Å². The van der Waals surface area contributed by atoms with E-state index in [1.807, 2.05) is 13.8 Å². The number of nitrogens with one attached hydrogen (secondary N) is 2. The number of carbonyl (C=O) groups is 2. The van der Waals surface area contributed by atoms with Gasteiger partial charge in [-0.05, 0) is 42.7 Å². The third-order valence-electron chi connectivity index (χ3n) is 4.85. The Bertz CT molecular complexity index is 1190. The Kier molecular flexibility index (Phi) is 9.10. The second kappa shape index (κ2) is 11.8. The predicted octanol–water partition coefficient (Wildman–Crippen LogP) is 5.62. The van der Waals surface area contributed by atoms with Crippen molar-refractivity contribution in [3.05, 3.63) is 69.2 Å². The molecule has 1 atom stereocenters. The Morgan fingerprint density at radius 3 is 2.62 bits per heavy atom. The van der Waals surface area contributed by atoms with E-state index < -0.39 is 11.9 Å². The maximum Gasteiger partial charge on any atom is 0.253 e. The molecule has 1 heterocycles. The zero-order chi connectivity index (χ0) is 24.8. The van der Waals surface area contributed by atoms with Crippen molar-refractivity contribution in [2.24, 2.45) is 13.0 Å². The molecule has 0 aliphatic rings. The summed E-state index contributed by atoms with van der Waals surface area (Å²) in [5, 5.41) is 14.9. The summed E-state index contributed by atoms with van der Waals surface area (Å²) in [7, 11) is 1.78. The van der Waals surface area contributed by atoms with Crippen LogP contribution in [0.15, 0.2) is 52.1 Å². The summed E-state index contributed by atoms with van der Waals surface area (Å²) in [6.07, 6.45) is 0.635. The molecule has 34 heavy (non-hydrogen) atoms. The van der Waals surface area contributed by atoms with Crippen molar-refractivity contribution >= 4 is 56.8 Å². The van der Waals surface area contributed by atoms with Crippen LogP contribution in [-0.4, -0.2) is 32.3 Å². The normalized spacial score (nSPS) is 12.0. The van der Waals surface area contributed by atoms with E-state index in [1.54, 1.807) is 41.9 Å². The highest BCUT2D eigenvalue weighted by atomic mass is 79.9. The zero-order valence-electron chi connectivity index (χ0n) is 18.8. The fourth-order valence-corrected chi connectivity index (χ4v) is 4.52. The van der Waals surface area contributed by atoms with Crippen molar-refractivity contribution in [2.45, 2.75) is 31.5 Å². The first-order valence-corrected chi connectivity index (χ1v) is 12.6. The Morgan fingerprint density at radius 2 is 1.94 bits per heavy atom. The van der Waals surface area contributed by atoms with Gasteiger partial charge >= 0.3 is 0 Å². The molecule has 3 aromatic rings. The number of aromatic nitrogens is 3. The standard InChI is InChI=1S/C23H24BrClFN5O2S/c1-13(2)10-19(28-22(33)15-6-4-5-7-16(15)25)21-29-30-23(31(21)3)34-12-20(32)27-18-9-8-14(24)11-17(18)26/h4-9,11,13,19H,10,12H2,1-3H3,(H,27,32)(H,28,33)/t19-/m1/s1. The maximum atomic E-state index is 14.0. The van der Waals surface area contributed by atoms with Gasteiger partial charge < -0.3 is 15.2 Å². The Labute approximate surface area is 215 Å². The van der Waals surface area contributed by atoms with Crippen LogP contribution in [-0.2, 0) is 11.8 Å². The number of anilines is 1. The van der Waals surface area contributed by atoms with Gasteiger partial charge in [-0.1, -0.05) is 65.3 Å². The minimum atomic E-state index is -0.528. The van der Waals surface area contributed by atoms with Gasteiger partial charge in [-0.15, -0.1) is 10.2 Å². The van der Waals surface area contributed by atoms with Crippen LogP contribution in [0.1, 0.15) is 42.5 Å². The molecule has 2 amide bonds. The second-order valence-corrected chi connectivity index (χ2v) is 10.3. The van der Waals surface area contributed by atoms with E-state index >= 15 is 0 Å². The molecule has 2 N–H and O–H groups in total. The number of amides is 2. The van der Waals surface area contributed by atoms with E-state index in [0.29, 0.717) is 32.5 Å². The first-order valence-electron chi connectivity index (χ1n) is 10.5. The van der Waals surface area contributed by atoms with Crippen molar-refractivity contribution < 1.29 is 14.0 Å². The van der Waals surface area contributed by atoms with Crippen LogP contribution in [0.2, 0.25) is 5.02 Å². The van der Waals surface area contributed by atoms with E-state index in [2.05, 4.69) is 36.8 Å². The highest BCUT2D eigenvalue weighted by Gasteiger charge is 2.24. The largest absolute Gasteiger partial charge is 0.342 e. The molecule has 0 aliphatic heterocycles. The molecule has 0 saturated heterocycles. The molecule has 11 heteroatoms. The molecular formula is C23H24BrClFN5O2S. The lowest BCUT2D eigenvalue weighted by Crippen LogP contribution is -2.31. The van der Waals surface area contributed by atoms with Gasteiger partial charge in [0.1, 0.15) is 5.82 Å². The van der Waals surface area contributed by atoms with Gasteiger partial charge in [0.15, 0.2) is 11.0 Å². The summed E-state index contributed by atoms with van der Waals surface area (Å²) in [6, 6.07) is 10.8. The van der Waals surface area contributed by atoms with Crippen molar-refractivity contribution in [3.8, 4) is 0 Å². The first-order chi connectivity index (χ1) is 16.2. The number of hydrogen-bond donors (Lipinski definition) is 2. The number of hydrogen-bond acceptors (Lipinski definition) is 5. The van der Waals surface area contributed by atoms with Gasteiger partial charge in [-0.3, -0.25) is 9.59 Å². The van der Waals surface area contributed by atoms with Crippen LogP contribution in [0.25, 0.3) is 0 Å². The van der Waals surface area contributed by atoms with Crippen LogP contribution in [0, 0.1) is 11.7 Å². The van der Waals surface area contributed by atoms with Gasteiger partial charge in [0, 0.05) is 11.5 Å². The topological polar surface area (TPSA) is 88.9 Å². The van der Waals surface area contributed by atoms with E-state index in [1.165, 1.54) is 23.9 Å². The van der Waals surface area contributed by atoms with Gasteiger partial charge in [0.2, 0.25) is 5.91 Å². The van der Waals surface area contributed by atoms with Gasteiger partial charge in [0.05, 0.1) is 28.1 Å². The lowest BCUT2D eigenvalue weighted by atomic mass is 10.0. The molecule has 2 aromatic carbocycles. The molecule has 0 fully saturated rings. The molecule has 7 nitrogen and oxygen atoms in total. The number of benzene rings is 2. The van der Waals surface area contributed by atoms with Gasteiger partial charge in [-0.2, -0.15) is 0 Å². The van der Waals surface area contributed by atoms with Crippen LogP contribution >= 0.6 is 39.3 Å². The molecule has 0 bridgehead atoms. The highest BCUT2D eigenvalue weighted by molar-refractivity contribution is 9.10. The van der Waals surface area contributed by atoms with E-state index in [4.69, 9.17) is 11.6 Å². The molecule has 3 rings (SSSR count). The molecule has 0 radical (unpaired) electrons. The number of thioether (sulfide) groups is 1. The molecule has 0 aliphatic carbocycles. The zero-order valence-corrected chi connectivity index (χ0v) is 22.0. The number of nitrogens with zero attached hydrogens (tertiary/aromatic N) is 3. The number of halogens is 3. The molecule has 0 unspecified atom stereocenters. The summed E-state index contributed by atoms with van der Waals surface area (Å²) in [5.41, 5.74) is 0.485. The second-order valence-electron chi connectivity index (χ2n) is 8.00. The Balaban J connectivity index is 1.69. The quantitative estimate of drug-likeness (QED) is 0.327. The maximum absolute atomic E-state index is 14.0. The summed E-state index contributed by atoms with van der Waals surface area (Å²) in [6.45, 7) is 4.10. The smallest absolute Gasteiger partial charge is 0.253 e. The minimum Gasteiger partial charge on any atom is -0.342 e. The van der Waals surface area contributed by atoms with Crippen LogP contribution in [0.3, 0.4) is 0 Å². The fraction of sp³-hybridized carbons (Fsp3) is 0.304. The minimum absolute atomic E-state index is 0.0162. The van der Waals surface area contributed by atoms with Crippen LogP contribution in [0.4, 0.5) is 10.1 Å². The molecule has 180 valence electrons. The summed E-state index contributed by atoms with van der Waals surface area (Å²) >= 11 is 10.5. The van der Waals surface area contributed by atoms with Crippen molar-refractivity contribution in [1.29, 1.82) is 0 Å². The SMILES string of the molecule is CC(C)C[C@@H](NC(=O)c1ccccc1Cl)c1nnc(SCC(=O)Nc2ccc(Br)cc2F)n1C. The summed E-state index contributed by atoms with van der Waals surface area (Å²) in [5.74, 6) is -0.347. The predicted molar refractivity (Wildman–Crippen MR) is 136 cm³/mol. The monoisotopic (exact) mass is 567 g/mol. The van der Waals surface area contributed by atoms with E-state index in [0.717, 1.165) is 0 Å². The Hall–Kier alpha value is -2.43. The molecule has 1 aromatic heterocycles. The fourth-order valence-electron chi connectivity index (χ4n) is 3.24. The number of rotatable bonds is 9. The van der Waals surface area contributed by atoms with Crippen LogP contribution < -0.4 is 10.6 Å². The molecule has 0 saturated carbocycles. The lowest BCUT2D eigenvalue weighted by Gasteiger charge is -2.20. The third kappa shape index (κ3) is 6.80. The van der Waals surface area contributed by atoms with Crippen molar-refractivity contribution in [2.75, 3.05) is 11.1 Å². The average molecular weight is 569 g/mol. The Morgan fingerprint density at radius 1 is 1.21 bits per heavy atom. The van der Waals surface area contributed by atoms with E-state index in [9.17, 15) is 14.0 Å². The third-order valence-corrected chi connectivity index (χ3v) is 6.69. The molecular weight excluding hydrogens is 545 g/mol. The number of carbonyl (C=O) groups excluding carboxylic acids is 2.